The number of rotatable bonds is 2. The average molecular weight is 355 g/mol. The van der Waals surface area contributed by atoms with Gasteiger partial charge in [-0.3, -0.25) is 23.5 Å². The van der Waals surface area contributed by atoms with Crippen molar-refractivity contribution < 1.29 is 24.5 Å². The summed E-state index contributed by atoms with van der Waals surface area (Å²) in [4.78, 5) is 46.3. The summed E-state index contributed by atoms with van der Waals surface area (Å²) in [5.41, 5.74) is -1.39. The fourth-order valence-corrected chi connectivity index (χ4v) is 3.31. The van der Waals surface area contributed by atoms with E-state index in [1.807, 2.05) is 0 Å². The molecule has 2 aliphatic heterocycles. The molecule has 3 heterocycles. The zero-order chi connectivity index (χ0) is 18.8. The number of carboxylic acid groups (broad SMARTS) is 1. The summed E-state index contributed by atoms with van der Waals surface area (Å²) in [6.07, 6.45) is 0. The van der Waals surface area contributed by atoms with Crippen molar-refractivity contribution in [2.24, 2.45) is 25.4 Å². The zero-order valence-corrected chi connectivity index (χ0v) is 14.0. The molecule has 138 valence electrons. The monoisotopic (exact) mass is 355 g/mol. The highest BCUT2D eigenvalue weighted by Gasteiger charge is 2.51. The fraction of sp³-hybridized carbons (Fsp3) is 0.600. The summed E-state index contributed by atoms with van der Waals surface area (Å²) in [7, 11) is 2.84. The molecule has 10 heteroatoms. The number of hydrogen-bond acceptors (Lipinski definition) is 6. The first-order valence-corrected chi connectivity index (χ1v) is 7.64. The topological polar surface area (TPSA) is 131 Å². The third kappa shape index (κ3) is 3.22. The molecule has 2 fully saturated rings. The maximum absolute atomic E-state index is 12.7. The van der Waals surface area contributed by atoms with Gasteiger partial charge in [-0.25, -0.2) is 4.79 Å². The molecule has 0 radical (unpaired) electrons. The van der Waals surface area contributed by atoms with Crippen LogP contribution in [0.5, 0.6) is 0 Å². The van der Waals surface area contributed by atoms with Crippen LogP contribution in [0.25, 0.3) is 0 Å². The van der Waals surface area contributed by atoms with Gasteiger partial charge < -0.3 is 19.8 Å². The second-order valence-corrected chi connectivity index (χ2v) is 6.29. The molecular formula is C15H21N3O7. The van der Waals surface area contributed by atoms with E-state index in [-0.39, 0.29) is 30.6 Å². The van der Waals surface area contributed by atoms with Crippen LogP contribution < -0.4 is 11.2 Å². The van der Waals surface area contributed by atoms with Crippen LogP contribution in [-0.4, -0.2) is 69.5 Å². The molecule has 0 saturated carbocycles. The van der Waals surface area contributed by atoms with Crippen LogP contribution in [0.3, 0.4) is 0 Å². The van der Waals surface area contributed by atoms with Crippen molar-refractivity contribution in [1.82, 2.24) is 14.0 Å². The number of aliphatic hydroxyl groups is 1. The van der Waals surface area contributed by atoms with Gasteiger partial charge in [0.05, 0.1) is 19.8 Å². The molecule has 0 bridgehead atoms. The lowest BCUT2D eigenvalue weighted by atomic mass is 9.82. The van der Waals surface area contributed by atoms with Crippen molar-refractivity contribution in [1.29, 1.82) is 0 Å². The number of ether oxygens (including phenoxy) is 1. The predicted molar refractivity (Wildman–Crippen MR) is 85.3 cm³/mol. The van der Waals surface area contributed by atoms with Crippen molar-refractivity contribution in [3.05, 3.63) is 32.6 Å². The Morgan fingerprint density at radius 3 is 2.60 bits per heavy atom. The number of likely N-dealkylation sites (tertiary alicyclic amines) is 1. The van der Waals surface area contributed by atoms with Crippen LogP contribution in [0, 0.1) is 11.3 Å². The largest absolute Gasteiger partial charge is 0.483 e. The minimum absolute atomic E-state index is 0.0447. The van der Waals surface area contributed by atoms with E-state index in [1.54, 1.807) is 4.90 Å². The van der Waals surface area contributed by atoms with Gasteiger partial charge in [0.1, 0.15) is 5.69 Å². The Bertz CT molecular complexity index is 784. The highest BCUT2D eigenvalue weighted by Crippen LogP contribution is 2.41. The lowest BCUT2D eigenvalue weighted by molar-refractivity contribution is -0.122. The van der Waals surface area contributed by atoms with Gasteiger partial charge in [0, 0.05) is 44.6 Å². The second kappa shape index (κ2) is 7.19. The number of carbonyl (C=O) groups is 2. The van der Waals surface area contributed by atoms with Gasteiger partial charge in [-0.05, 0) is 0 Å². The molecule has 3 rings (SSSR count). The van der Waals surface area contributed by atoms with Crippen LogP contribution in [-0.2, 0) is 23.6 Å². The molecule has 25 heavy (non-hydrogen) atoms. The van der Waals surface area contributed by atoms with E-state index < -0.39 is 16.7 Å². The Balaban J connectivity index is 0.000000701. The Labute approximate surface area is 142 Å². The molecule has 2 N–H and O–H groups in total. The van der Waals surface area contributed by atoms with E-state index in [0.29, 0.717) is 26.3 Å². The summed E-state index contributed by atoms with van der Waals surface area (Å²) < 4.78 is 7.55. The van der Waals surface area contributed by atoms with Crippen molar-refractivity contribution in [2.45, 2.75) is 0 Å². The molecule has 2 atom stereocenters. The van der Waals surface area contributed by atoms with Gasteiger partial charge >= 0.3 is 5.69 Å². The Morgan fingerprint density at radius 1 is 1.40 bits per heavy atom. The standard InChI is InChI=1S/C14H19N3O5.CH2O2/c1-15-10(3-11(19)16(2)13(15)21)12(20)17-4-9-5-22-8-14(9,6-17)7-18;2-1-3/h3,9,18H,4-8H2,1-2H3;1H,(H,2,3)/t9-,14-;/m0./s1. The number of aliphatic hydroxyl groups excluding tert-OH is 1. The Hall–Kier alpha value is -2.46. The third-order valence-corrected chi connectivity index (χ3v) is 4.87. The summed E-state index contributed by atoms with van der Waals surface area (Å²) in [5, 5.41) is 16.5. The van der Waals surface area contributed by atoms with E-state index in [2.05, 4.69) is 0 Å². The lowest BCUT2D eigenvalue weighted by Crippen LogP contribution is -2.43. The highest BCUT2D eigenvalue weighted by molar-refractivity contribution is 5.92. The summed E-state index contributed by atoms with van der Waals surface area (Å²) in [6, 6.07) is 1.18. The van der Waals surface area contributed by atoms with Gasteiger partial charge in [-0.2, -0.15) is 0 Å². The molecular weight excluding hydrogens is 334 g/mol. The number of nitrogens with zero attached hydrogens (tertiary/aromatic N) is 3. The molecule has 2 aliphatic rings. The highest BCUT2D eigenvalue weighted by atomic mass is 16.5. The maximum atomic E-state index is 12.7. The predicted octanol–water partition coefficient (Wildman–Crippen LogP) is -2.13. The van der Waals surface area contributed by atoms with Crippen molar-refractivity contribution >= 4 is 12.4 Å². The molecule has 2 saturated heterocycles. The number of carbonyl (C=O) groups excluding carboxylic acids is 1. The van der Waals surface area contributed by atoms with E-state index in [4.69, 9.17) is 14.6 Å². The van der Waals surface area contributed by atoms with Crippen LogP contribution >= 0.6 is 0 Å². The quantitative estimate of drug-likeness (QED) is 0.579. The molecule has 0 spiro atoms. The summed E-state index contributed by atoms with van der Waals surface area (Å²) >= 11 is 0. The second-order valence-electron chi connectivity index (χ2n) is 6.29. The molecule has 0 aliphatic carbocycles. The lowest BCUT2D eigenvalue weighted by Gasteiger charge is -2.24. The minimum atomic E-state index is -0.532. The Morgan fingerprint density at radius 2 is 2.04 bits per heavy atom. The number of aromatic nitrogens is 2. The SMILES string of the molecule is Cn1c(C(=O)N2C[C@H]3COC[C@@]3(CO)C2)cc(=O)n(C)c1=O.O=CO. The van der Waals surface area contributed by atoms with Crippen LogP contribution in [0.15, 0.2) is 15.7 Å². The van der Waals surface area contributed by atoms with Gasteiger partial charge in [-0.1, -0.05) is 0 Å². The van der Waals surface area contributed by atoms with Crippen LogP contribution in [0.2, 0.25) is 0 Å². The average Bonchev–Trinajstić information content (AvgIpc) is 3.14. The number of hydrogen-bond donors (Lipinski definition) is 2. The fourth-order valence-electron chi connectivity index (χ4n) is 3.31. The molecule has 1 amide bonds. The zero-order valence-electron chi connectivity index (χ0n) is 14.0. The van der Waals surface area contributed by atoms with Crippen molar-refractivity contribution in [3.8, 4) is 0 Å². The smallest absolute Gasteiger partial charge is 0.331 e. The van der Waals surface area contributed by atoms with Gasteiger partial charge in [0.25, 0.3) is 17.9 Å². The molecule has 1 aromatic heterocycles. The normalized spacial score (nSPS) is 24.4. The van der Waals surface area contributed by atoms with Gasteiger partial charge in [0.2, 0.25) is 0 Å². The van der Waals surface area contributed by atoms with Crippen molar-refractivity contribution in [2.75, 3.05) is 32.9 Å². The van der Waals surface area contributed by atoms with E-state index in [0.717, 1.165) is 4.57 Å². The summed E-state index contributed by atoms with van der Waals surface area (Å²) in [5.74, 6) is -0.274. The van der Waals surface area contributed by atoms with Crippen LogP contribution in [0.4, 0.5) is 0 Å². The number of amides is 1. The number of fused-ring (bicyclic) bond motifs is 1. The first-order valence-electron chi connectivity index (χ1n) is 7.64. The summed E-state index contributed by atoms with van der Waals surface area (Å²) in [6.45, 7) is 1.48. The van der Waals surface area contributed by atoms with E-state index in [1.165, 1.54) is 24.7 Å². The van der Waals surface area contributed by atoms with Crippen LogP contribution in [0.1, 0.15) is 10.5 Å². The minimum Gasteiger partial charge on any atom is -0.483 e. The molecule has 0 unspecified atom stereocenters. The third-order valence-electron chi connectivity index (χ3n) is 4.87. The van der Waals surface area contributed by atoms with Crippen molar-refractivity contribution in [3.63, 3.8) is 0 Å². The van der Waals surface area contributed by atoms with E-state index in [9.17, 15) is 19.5 Å². The first kappa shape index (κ1) is 18.9. The van der Waals surface area contributed by atoms with Gasteiger partial charge in [0.15, 0.2) is 0 Å². The maximum Gasteiger partial charge on any atom is 0.331 e. The molecule has 1 aromatic rings. The molecule has 10 nitrogen and oxygen atoms in total. The first-order chi connectivity index (χ1) is 11.8. The molecule has 0 aromatic carbocycles. The van der Waals surface area contributed by atoms with Gasteiger partial charge in [-0.15, -0.1) is 0 Å². The Kier molecular flexibility index (Phi) is 5.43. The van der Waals surface area contributed by atoms with E-state index >= 15 is 0 Å².